The first-order valence-electron chi connectivity index (χ1n) is 5.56. The number of aliphatic carboxylic acids is 1. The van der Waals surface area contributed by atoms with Crippen molar-refractivity contribution in [2.24, 2.45) is 5.29 Å². The van der Waals surface area contributed by atoms with Gasteiger partial charge in [0.15, 0.2) is 0 Å². The monoisotopic (exact) mass is 236 g/mol. The number of hydrogen-bond acceptors (Lipinski definition) is 3. The number of nitrogens with zero attached hydrogens (tertiary/aromatic N) is 2. The average molecular weight is 236 g/mol. The summed E-state index contributed by atoms with van der Waals surface area (Å²) in [5.74, 6) is -1.03. The van der Waals surface area contributed by atoms with Crippen molar-refractivity contribution in [2.45, 2.75) is 19.3 Å². The number of rotatable bonds is 8. The molecule has 0 radical (unpaired) electrons. The first kappa shape index (κ1) is 13.2. The fourth-order valence-electron chi connectivity index (χ4n) is 1.57. The second-order valence-corrected chi connectivity index (χ2v) is 3.81. The molecule has 0 saturated heterocycles. The highest BCUT2D eigenvalue weighted by molar-refractivity contribution is 5.68. The zero-order valence-corrected chi connectivity index (χ0v) is 9.58. The lowest BCUT2D eigenvalue weighted by atomic mass is 10.1. The van der Waals surface area contributed by atoms with Crippen LogP contribution in [0.3, 0.4) is 0 Å². The summed E-state index contributed by atoms with van der Waals surface area (Å²) in [6.07, 6.45) is 2.60. The van der Waals surface area contributed by atoms with E-state index in [1.165, 1.54) is 5.56 Å². The van der Waals surface area contributed by atoms with Crippen molar-refractivity contribution >= 4 is 5.97 Å². The van der Waals surface area contributed by atoms with E-state index >= 15 is 0 Å². The first-order valence-corrected chi connectivity index (χ1v) is 5.56. The average Bonchev–Trinajstić information content (AvgIpc) is 2.34. The van der Waals surface area contributed by atoms with Gasteiger partial charge in [0, 0.05) is 6.54 Å². The van der Waals surface area contributed by atoms with Gasteiger partial charge >= 0.3 is 5.97 Å². The van der Waals surface area contributed by atoms with Gasteiger partial charge in [-0.3, -0.25) is 4.79 Å². The Morgan fingerprint density at radius 1 is 1.24 bits per heavy atom. The smallest absolute Gasteiger partial charge is 0.324 e. The zero-order chi connectivity index (χ0) is 12.5. The van der Waals surface area contributed by atoms with Crippen molar-refractivity contribution in [1.82, 2.24) is 5.01 Å². The summed E-state index contributed by atoms with van der Waals surface area (Å²) in [6, 6.07) is 10.0. The van der Waals surface area contributed by atoms with E-state index in [0.717, 1.165) is 24.3 Å². The van der Waals surface area contributed by atoms with E-state index in [1.807, 2.05) is 30.3 Å². The molecule has 92 valence electrons. The highest BCUT2D eigenvalue weighted by Crippen LogP contribution is 2.05. The molecule has 0 atom stereocenters. The molecule has 17 heavy (non-hydrogen) atoms. The predicted molar refractivity (Wildman–Crippen MR) is 64.4 cm³/mol. The number of aryl methyl sites for hydroxylation is 1. The van der Waals surface area contributed by atoms with Gasteiger partial charge in [-0.1, -0.05) is 30.3 Å². The molecule has 1 aromatic carbocycles. The number of carboxylic acids is 1. The van der Waals surface area contributed by atoms with Crippen LogP contribution < -0.4 is 0 Å². The van der Waals surface area contributed by atoms with E-state index in [2.05, 4.69) is 5.29 Å². The van der Waals surface area contributed by atoms with E-state index in [0.29, 0.717) is 6.54 Å². The van der Waals surface area contributed by atoms with Crippen molar-refractivity contribution in [1.29, 1.82) is 0 Å². The molecule has 0 aliphatic rings. The standard InChI is InChI=1S/C12H16N2O3/c15-12(16)10-14(13-17)9-5-4-8-11-6-2-1-3-7-11/h1-3,6-7H,4-5,8-10H2,(H,15,16). The summed E-state index contributed by atoms with van der Waals surface area (Å²) in [5.41, 5.74) is 1.25. The summed E-state index contributed by atoms with van der Waals surface area (Å²) >= 11 is 0. The molecule has 0 aliphatic heterocycles. The summed E-state index contributed by atoms with van der Waals surface area (Å²) < 4.78 is 0. The molecule has 0 saturated carbocycles. The molecule has 0 fully saturated rings. The van der Waals surface area contributed by atoms with Crippen molar-refractivity contribution < 1.29 is 9.90 Å². The number of benzene rings is 1. The Balaban J connectivity index is 2.19. The number of carbonyl (C=O) groups is 1. The topological polar surface area (TPSA) is 70.0 Å². The van der Waals surface area contributed by atoms with Gasteiger partial charge < -0.3 is 5.11 Å². The molecule has 5 heteroatoms. The van der Waals surface area contributed by atoms with Crippen molar-refractivity contribution in [2.75, 3.05) is 13.1 Å². The second kappa shape index (κ2) is 7.38. The third kappa shape index (κ3) is 5.65. The van der Waals surface area contributed by atoms with Gasteiger partial charge in [0.2, 0.25) is 0 Å². The molecule has 0 aliphatic carbocycles. The quantitative estimate of drug-likeness (QED) is 0.426. The molecule has 1 N–H and O–H groups in total. The van der Waals surface area contributed by atoms with Crippen LogP contribution in [0, 0.1) is 4.91 Å². The van der Waals surface area contributed by atoms with Crippen molar-refractivity contribution in [3.63, 3.8) is 0 Å². The van der Waals surface area contributed by atoms with Gasteiger partial charge in [-0.15, -0.1) is 4.91 Å². The Labute approximate surface area is 100 Å². The minimum atomic E-state index is -1.03. The Morgan fingerprint density at radius 3 is 2.53 bits per heavy atom. The Kier molecular flexibility index (Phi) is 5.71. The SMILES string of the molecule is O=NN(CCCCc1ccccc1)CC(=O)O. The van der Waals surface area contributed by atoms with E-state index in [-0.39, 0.29) is 6.54 Å². The lowest BCUT2D eigenvalue weighted by Gasteiger charge is -2.11. The number of unbranched alkanes of at least 4 members (excludes halogenated alkanes) is 1. The Morgan fingerprint density at radius 2 is 1.94 bits per heavy atom. The minimum Gasteiger partial charge on any atom is -0.480 e. The lowest BCUT2D eigenvalue weighted by molar-refractivity contribution is -0.138. The molecule has 0 spiro atoms. The predicted octanol–water partition coefficient (Wildman–Crippen LogP) is 2.08. The van der Waals surface area contributed by atoms with Crippen molar-refractivity contribution in [3.8, 4) is 0 Å². The largest absolute Gasteiger partial charge is 0.480 e. The van der Waals surface area contributed by atoms with Crippen LogP contribution in [0.1, 0.15) is 18.4 Å². The minimum absolute atomic E-state index is 0.325. The van der Waals surface area contributed by atoms with Gasteiger partial charge in [-0.2, -0.15) is 0 Å². The highest BCUT2D eigenvalue weighted by atomic mass is 16.4. The molecule has 0 amide bonds. The number of nitroso groups, excluding NO2 is 1. The van der Waals surface area contributed by atoms with Gasteiger partial charge in [-0.25, -0.2) is 5.01 Å². The first-order chi connectivity index (χ1) is 8.22. The summed E-state index contributed by atoms with van der Waals surface area (Å²) in [5, 5.41) is 12.2. The van der Waals surface area contributed by atoms with Crippen LogP contribution in [-0.4, -0.2) is 29.2 Å². The van der Waals surface area contributed by atoms with Gasteiger partial charge in [0.1, 0.15) is 6.54 Å². The second-order valence-electron chi connectivity index (χ2n) is 3.81. The van der Waals surface area contributed by atoms with Gasteiger partial charge in [0.25, 0.3) is 0 Å². The fraction of sp³-hybridized carbons (Fsp3) is 0.417. The van der Waals surface area contributed by atoms with Crippen LogP contribution in [0.4, 0.5) is 0 Å². The molecule has 0 aromatic heterocycles. The van der Waals surface area contributed by atoms with Crippen molar-refractivity contribution in [3.05, 3.63) is 40.8 Å². The normalized spacial score (nSPS) is 9.88. The molecule has 5 nitrogen and oxygen atoms in total. The molecule has 0 heterocycles. The Hall–Kier alpha value is -1.91. The zero-order valence-electron chi connectivity index (χ0n) is 9.58. The maximum atomic E-state index is 10.4. The molecular formula is C12H16N2O3. The number of hydrogen-bond donors (Lipinski definition) is 1. The summed E-state index contributed by atoms with van der Waals surface area (Å²) in [7, 11) is 0. The maximum absolute atomic E-state index is 10.4. The van der Waals surface area contributed by atoms with Crippen LogP contribution in [0.25, 0.3) is 0 Å². The number of carboxylic acid groups (broad SMARTS) is 1. The van der Waals surface area contributed by atoms with Crippen LogP contribution >= 0.6 is 0 Å². The van der Waals surface area contributed by atoms with Crippen LogP contribution in [-0.2, 0) is 11.2 Å². The molecule has 0 unspecified atom stereocenters. The van der Waals surface area contributed by atoms with E-state index < -0.39 is 5.97 Å². The molecular weight excluding hydrogens is 220 g/mol. The molecule has 1 aromatic rings. The highest BCUT2D eigenvalue weighted by Gasteiger charge is 2.07. The maximum Gasteiger partial charge on any atom is 0.324 e. The molecule has 1 rings (SSSR count). The van der Waals surface area contributed by atoms with E-state index in [1.54, 1.807) is 0 Å². The van der Waals surface area contributed by atoms with Crippen LogP contribution in [0.5, 0.6) is 0 Å². The Bertz CT molecular complexity index is 354. The van der Waals surface area contributed by atoms with Crippen LogP contribution in [0.15, 0.2) is 35.6 Å². The summed E-state index contributed by atoms with van der Waals surface area (Å²) in [4.78, 5) is 20.7. The van der Waals surface area contributed by atoms with Crippen LogP contribution in [0.2, 0.25) is 0 Å². The summed E-state index contributed by atoms with van der Waals surface area (Å²) in [6.45, 7) is 0.0669. The molecule has 0 bridgehead atoms. The van der Waals surface area contributed by atoms with Gasteiger partial charge in [-0.05, 0) is 24.8 Å². The van der Waals surface area contributed by atoms with Gasteiger partial charge in [0.05, 0.1) is 5.29 Å². The lowest BCUT2D eigenvalue weighted by Crippen LogP contribution is -2.25. The fourth-order valence-corrected chi connectivity index (χ4v) is 1.57. The van der Waals surface area contributed by atoms with E-state index in [4.69, 9.17) is 5.11 Å². The van der Waals surface area contributed by atoms with E-state index in [9.17, 15) is 9.70 Å². The third-order valence-electron chi connectivity index (χ3n) is 2.41. The third-order valence-corrected chi connectivity index (χ3v) is 2.41.